The molecule has 0 aliphatic carbocycles. The number of benzene rings is 1. The molecule has 23 heavy (non-hydrogen) atoms. The second-order valence-electron chi connectivity index (χ2n) is 5.97. The van der Waals surface area contributed by atoms with Gasteiger partial charge in [0, 0.05) is 32.5 Å². The highest BCUT2D eigenvalue weighted by Crippen LogP contribution is 2.24. The van der Waals surface area contributed by atoms with Gasteiger partial charge in [0.15, 0.2) is 6.10 Å². The zero-order valence-electron chi connectivity index (χ0n) is 13.1. The standard InChI is InChI=1S/C17H20N2O4/c1-18-15(20)11-6-8-19(9-7-11)16(21)14-10-12-4-2-3-5-13(12)17(22)23-14/h2-5,11,14H,6-10H2,1H3,(H,18,20). The van der Waals surface area contributed by atoms with Crippen LogP contribution in [0.15, 0.2) is 24.3 Å². The SMILES string of the molecule is CNC(=O)C1CCN(C(=O)C2Cc3ccccc3C(=O)O2)CC1. The molecule has 122 valence electrons. The number of hydrogen-bond acceptors (Lipinski definition) is 4. The number of nitrogens with one attached hydrogen (secondary N) is 1. The number of fused-ring (bicyclic) bond motifs is 1. The number of piperidine rings is 1. The van der Waals surface area contributed by atoms with Gasteiger partial charge in [0.1, 0.15) is 0 Å². The number of rotatable bonds is 2. The maximum absolute atomic E-state index is 12.6. The summed E-state index contributed by atoms with van der Waals surface area (Å²) in [5, 5.41) is 2.65. The van der Waals surface area contributed by atoms with Crippen molar-refractivity contribution >= 4 is 17.8 Å². The monoisotopic (exact) mass is 316 g/mol. The third-order valence-corrected chi connectivity index (χ3v) is 4.59. The van der Waals surface area contributed by atoms with Crippen LogP contribution in [-0.2, 0) is 20.7 Å². The summed E-state index contributed by atoms with van der Waals surface area (Å²) >= 11 is 0. The van der Waals surface area contributed by atoms with Crippen LogP contribution in [0.3, 0.4) is 0 Å². The minimum Gasteiger partial charge on any atom is -0.448 e. The molecule has 0 aromatic heterocycles. The zero-order chi connectivity index (χ0) is 16.4. The normalized spacial score (nSPS) is 21.3. The van der Waals surface area contributed by atoms with E-state index in [0.717, 1.165) is 5.56 Å². The Labute approximate surface area is 134 Å². The van der Waals surface area contributed by atoms with Gasteiger partial charge in [-0.1, -0.05) is 18.2 Å². The van der Waals surface area contributed by atoms with E-state index in [-0.39, 0.29) is 17.7 Å². The first-order valence-corrected chi connectivity index (χ1v) is 7.89. The average molecular weight is 316 g/mol. The minimum absolute atomic E-state index is 0.0233. The summed E-state index contributed by atoms with van der Waals surface area (Å²) in [6.07, 6.45) is 0.940. The number of carbonyl (C=O) groups excluding carboxylic acids is 3. The van der Waals surface area contributed by atoms with Gasteiger partial charge >= 0.3 is 5.97 Å². The smallest absolute Gasteiger partial charge is 0.339 e. The predicted molar refractivity (Wildman–Crippen MR) is 82.7 cm³/mol. The molecular formula is C17H20N2O4. The summed E-state index contributed by atoms with van der Waals surface area (Å²) < 4.78 is 5.31. The first kappa shape index (κ1) is 15.5. The largest absolute Gasteiger partial charge is 0.448 e. The zero-order valence-corrected chi connectivity index (χ0v) is 13.1. The van der Waals surface area contributed by atoms with Crippen molar-refractivity contribution in [2.24, 2.45) is 5.92 Å². The predicted octanol–water partition coefficient (Wildman–Crippen LogP) is 0.753. The molecule has 1 saturated heterocycles. The van der Waals surface area contributed by atoms with Crippen molar-refractivity contribution in [3.05, 3.63) is 35.4 Å². The van der Waals surface area contributed by atoms with Gasteiger partial charge in [-0.25, -0.2) is 4.79 Å². The molecule has 1 N–H and O–H groups in total. The van der Waals surface area contributed by atoms with Crippen molar-refractivity contribution in [1.82, 2.24) is 10.2 Å². The van der Waals surface area contributed by atoms with E-state index < -0.39 is 12.1 Å². The maximum atomic E-state index is 12.6. The Morgan fingerprint density at radius 1 is 1.22 bits per heavy atom. The Hall–Kier alpha value is -2.37. The van der Waals surface area contributed by atoms with Crippen LogP contribution in [0.4, 0.5) is 0 Å². The third-order valence-electron chi connectivity index (χ3n) is 4.59. The van der Waals surface area contributed by atoms with Crippen molar-refractivity contribution in [3.63, 3.8) is 0 Å². The number of nitrogens with zero attached hydrogens (tertiary/aromatic N) is 1. The van der Waals surface area contributed by atoms with Gasteiger partial charge < -0.3 is 15.0 Å². The molecule has 6 nitrogen and oxygen atoms in total. The van der Waals surface area contributed by atoms with Crippen molar-refractivity contribution in [2.45, 2.75) is 25.4 Å². The Kier molecular flexibility index (Phi) is 4.32. The molecule has 2 aliphatic heterocycles. The highest BCUT2D eigenvalue weighted by molar-refractivity contribution is 5.95. The molecule has 0 spiro atoms. The Bertz CT molecular complexity index is 635. The van der Waals surface area contributed by atoms with E-state index in [1.165, 1.54) is 0 Å². The minimum atomic E-state index is -0.756. The van der Waals surface area contributed by atoms with Gasteiger partial charge in [0.25, 0.3) is 5.91 Å². The van der Waals surface area contributed by atoms with Crippen LogP contribution < -0.4 is 5.32 Å². The molecule has 2 heterocycles. The Morgan fingerprint density at radius 2 is 1.91 bits per heavy atom. The van der Waals surface area contributed by atoms with Gasteiger partial charge in [-0.2, -0.15) is 0 Å². The molecule has 0 radical (unpaired) electrons. The summed E-state index contributed by atoms with van der Waals surface area (Å²) in [6.45, 7) is 1.04. The van der Waals surface area contributed by atoms with Crippen molar-refractivity contribution in [2.75, 3.05) is 20.1 Å². The van der Waals surface area contributed by atoms with E-state index in [2.05, 4.69) is 5.32 Å². The van der Waals surface area contributed by atoms with Crippen LogP contribution in [0.2, 0.25) is 0 Å². The second kappa shape index (κ2) is 6.40. The van der Waals surface area contributed by atoms with E-state index in [4.69, 9.17) is 4.74 Å². The van der Waals surface area contributed by atoms with Crippen LogP contribution in [0.1, 0.15) is 28.8 Å². The van der Waals surface area contributed by atoms with Crippen LogP contribution in [0.25, 0.3) is 0 Å². The summed E-state index contributed by atoms with van der Waals surface area (Å²) in [7, 11) is 1.62. The summed E-state index contributed by atoms with van der Waals surface area (Å²) in [5.74, 6) is -0.623. The quantitative estimate of drug-likeness (QED) is 0.817. The Morgan fingerprint density at radius 3 is 2.61 bits per heavy atom. The average Bonchev–Trinajstić information content (AvgIpc) is 2.60. The summed E-state index contributed by atoms with van der Waals surface area (Å²) in [4.78, 5) is 38.0. The molecule has 2 amide bonds. The Balaban J connectivity index is 1.64. The molecule has 1 unspecified atom stereocenters. The van der Waals surface area contributed by atoms with E-state index in [0.29, 0.717) is 37.9 Å². The molecule has 1 aromatic rings. The highest BCUT2D eigenvalue weighted by Gasteiger charge is 2.35. The van der Waals surface area contributed by atoms with Crippen LogP contribution >= 0.6 is 0 Å². The molecule has 1 atom stereocenters. The molecule has 0 bridgehead atoms. The number of carbonyl (C=O) groups is 3. The molecule has 1 fully saturated rings. The molecule has 2 aliphatic rings. The molecule has 6 heteroatoms. The highest BCUT2D eigenvalue weighted by atomic mass is 16.5. The van der Waals surface area contributed by atoms with Crippen molar-refractivity contribution in [3.8, 4) is 0 Å². The lowest BCUT2D eigenvalue weighted by Crippen LogP contribution is -2.48. The van der Waals surface area contributed by atoms with Gasteiger partial charge in [-0.05, 0) is 24.5 Å². The number of cyclic esters (lactones) is 1. The number of likely N-dealkylation sites (tertiary alicyclic amines) is 1. The van der Waals surface area contributed by atoms with Crippen molar-refractivity contribution < 1.29 is 19.1 Å². The van der Waals surface area contributed by atoms with Gasteiger partial charge in [-0.3, -0.25) is 9.59 Å². The van der Waals surface area contributed by atoms with Crippen LogP contribution in [-0.4, -0.2) is 48.9 Å². The third kappa shape index (κ3) is 3.06. The molecular weight excluding hydrogens is 296 g/mol. The van der Waals surface area contributed by atoms with E-state index in [9.17, 15) is 14.4 Å². The first-order valence-electron chi connectivity index (χ1n) is 7.89. The van der Waals surface area contributed by atoms with Gasteiger partial charge in [0.05, 0.1) is 5.56 Å². The van der Waals surface area contributed by atoms with E-state index in [1.54, 1.807) is 24.1 Å². The van der Waals surface area contributed by atoms with Gasteiger partial charge in [-0.15, -0.1) is 0 Å². The molecule has 1 aromatic carbocycles. The summed E-state index contributed by atoms with van der Waals surface area (Å²) in [6, 6.07) is 7.21. The summed E-state index contributed by atoms with van der Waals surface area (Å²) in [5.41, 5.74) is 1.39. The fraction of sp³-hybridized carbons (Fsp3) is 0.471. The number of hydrogen-bond donors (Lipinski definition) is 1. The lowest BCUT2D eigenvalue weighted by molar-refractivity contribution is -0.143. The second-order valence-corrected chi connectivity index (χ2v) is 5.97. The fourth-order valence-corrected chi connectivity index (χ4v) is 3.24. The number of ether oxygens (including phenoxy) is 1. The van der Waals surface area contributed by atoms with Crippen LogP contribution in [0, 0.1) is 5.92 Å². The fourth-order valence-electron chi connectivity index (χ4n) is 3.24. The van der Waals surface area contributed by atoms with Gasteiger partial charge in [0.2, 0.25) is 5.91 Å². The lowest BCUT2D eigenvalue weighted by atomic mass is 9.94. The number of esters is 1. The van der Waals surface area contributed by atoms with E-state index >= 15 is 0 Å². The number of amides is 2. The van der Waals surface area contributed by atoms with Crippen LogP contribution in [0.5, 0.6) is 0 Å². The molecule has 0 saturated carbocycles. The topological polar surface area (TPSA) is 75.7 Å². The lowest BCUT2D eigenvalue weighted by Gasteiger charge is -2.34. The molecule has 3 rings (SSSR count). The first-order chi connectivity index (χ1) is 11.1. The van der Waals surface area contributed by atoms with Crippen molar-refractivity contribution in [1.29, 1.82) is 0 Å². The van der Waals surface area contributed by atoms with E-state index in [1.807, 2.05) is 12.1 Å². The maximum Gasteiger partial charge on any atom is 0.339 e.